The molecule has 0 radical (unpaired) electrons. The summed E-state index contributed by atoms with van der Waals surface area (Å²) in [6, 6.07) is 4.69. The summed E-state index contributed by atoms with van der Waals surface area (Å²) in [5, 5.41) is 15.0. The average molecular weight is 357 g/mol. The van der Waals surface area contributed by atoms with Crippen molar-refractivity contribution in [1.29, 1.82) is 0 Å². The number of aromatic carboxylic acids is 1. The van der Waals surface area contributed by atoms with Crippen LogP contribution in [0.15, 0.2) is 22.7 Å². The predicted molar refractivity (Wildman–Crippen MR) is 81.5 cm³/mol. The molecule has 2 unspecified atom stereocenters. The van der Waals surface area contributed by atoms with E-state index in [2.05, 4.69) is 26.6 Å². The molecular formula is C14H17BrN2O4. The fourth-order valence-electron chi connectivity index (χ4n) is 2.28. The molecule has 1 aromatic rings. The number of carboxylic acids is 1. The minimum absolute atomic E-state index is 0.00982. The molecule has 1 aliphatic rings. The number of hydrogen-bond acceptors (Lipinski definition) is 4. The van der Waals surface area contributed by atoms with Crippen LogP contribution in [0.25, 0.3) is 0 Å². The lowest BCUT2D eigenvalue weighted by Gasteiger charge is -2.18. The van der Waals surface area contributed by atoms with Crippen LogP contribution in [0.3, 0.4) is 0 Å². The summed E-state index contributed by atoms with van der Waals surface area (Å²) < 4.78 is 5.81. The van der Waals surface area contributed by atoms with Gasteiger partial charge in [0.1, 0.15) is 0 Å². The van der Waals surface area contributed by atoms with Crippen molar-refractivity contribution < 1.29 is 19.4 Å². The van der Waals surface area contributed by atoms with Gasteiger partial charge in [-0.2, -0.15) is 0 Å². The van der Waals surface area contributed by atoms with Crippen LogP contribution in [0.2, 0.25) is 0 Å². The van der Waals surface area contributed by atoms with Gasteiger partial charge in [-0.05, 0) is 40.7 Å². The third-order valence-corrected chi connectivity index (χ3v) is 4.04. The summed E-state index contributed by atoms with van der Waals surface area (Å²) in [6.07, 6.45) is 0. The highest BCUT2D eigenvalue weighted by molar-refractivity contribution is 9.10. The molecule has 2 atom stereocenters. The fraction of sp³-hybridized carbons (Fsp3) is 0.429. The zero-order valence-electron chi connectivity index (χ0n) is 11.6. The zero-order chi connectivity index (χ0) is 15.4. The Kier molecular flexibility index (Phi) is 5.33. The highest BCUT2D eigenvalue weighted by Gasteiger charge is 2.33. The van der Waals surface area contributed by atoms with Crippen LogP contribution in [0.1, 0.15) is 17.3 Å². The molecule has 6 nitrogen and oxygen atoms in total. The van der Waals surface area contributed by atoms with Gasteiger partial charge < -0.3 is 20.5 Å². The maximum absolute atomic E-state index is 12.3. The van der Waals surface area contributed by atoms with Crippen LogP contribution in [0.5, 0.6) is 0 Å². The SMILES string of the molecule is CCNC1COCC1C(=O)Nc1ccc(Br)c(C(=O)O)c1. The number of carbonyl (C=O) groups is 2. The number of carbonyl (C=O) groups excluding carboxylic acids is 1. The summed E-state index contributed by atoms with van der Waals surface area (Å²) in [7, 11) is 0. The molecule has 1 aliphatic heterocycles. The van der Waals surface area contributed by atoms with E-state index in [9.17, 15) is 9.59 Å². The Morgan fingerprint density at radius 2 is 2.19 bits per heavy atom. The van der Waals surface area contributed by atoms with Gasteiger partial charge in [0.25, 0.3) is 0 Å². The summed E-state index contributed by atoms with van der Waals surface area (Å²) >= 11 is 3.17. The first kappa shape index (κ1) is 15.9. The second-order valence-corrected chi connectivity index (χ2v) is 5.65. The van der Waals surface area contributed by atoms with Gasteiger partial charge in [-0.1, -0.05) is 6.92 Å². The maximum Gasteiger partial charge on any atom is 0.336 e. The molecule has 1 fully saturated rings. The van der Waals surface area contributed by atoms with Gasteiger partial charge in [0.2, 0.25) is 5.91 Å². The van der Waals surface area contributed by atoms with Gasteiger partial charge in [0.15, 0.2) is 0 Å². The molecule has 1 heterocycles. The molecule has 114 valence electrons. The molecule has 0 saturated carbocycles. The number of nitrogens with one attached hydrogen (secondary N) is 2. The standard InChI is InChI=1S/C14H17BrN2O4/c1-2-16-12-7-21-6-10(12)13(18)17-8-3-4-11(15)9(5-8)14(19)20/h3-5,10,12,16H,2,6-7H2,1H3,(H,17,18)(H,19,20). The minimum atomic E-state index is -1.05. The molecule has 2 rings (SSSR count). The summed E-state index contributed by atoms with van der Waals surface area (Å²) in [4.78, 5) is 23.4. The molecule has 0 aromatic heterocycles. The van der Waals surface area contributed by atoms with Crippen molar-refractivity contribution in [3.05, 3.63) is 28.2 Å². The number of ether oxygens (including phenoxy) is 1. The van der Waals surface area contributed by atoms with Gasteiger partial charge in [-0.15, -0.1) is 0 Å². The number of rotatable bonds is 5. The third-order valence-electron chi connectivity index (χ3n) is 3.35. The third kappa shape index (κ3) is 3.81. The molecule has 0 aliphatic carbocycles. The van der Waals surface area contributed by atoms with Crippen LogP contribution < -0.4 is 10.6 Å². The molecule has 21 heavy (non-hydrogen) atoms. The van der Waals surface area contributed by atoms with Crippen LogP contribution in [-0.2, 0) is 9.53 Å². The normalized spacial score (nSPS) is 21.2. The maximum atomic E-state index is 12.3. The Hall–Kier alpha value is -1.44. The smallest absolute Gasteiger partial charge is 0.336 e. The van der Waals surface area contributed by atoms with Crippen molar-refractivity contribution in [1.82, 2.24) is 5.32 Å². The van der Waals surface area contributed by atoms with Crippen molar-refractivity contribution in [3.63, 3.8) is 0 Å². The van der Waals surface area contributed by atoms with Gasteiger partial charge in [0.05, 0.1) is 24.7 Å². The quantitative estimate of drug-likeness (QED) is 0.747. The largest absolute Gasteiger partial charge is 0.478 e. The predicted octanol–water partition coefficient (Wildman–Crippen LogP) is 1.71. The number of likely N-dealkylation sites (N-methyl/N-ethyl adjacent to an activating group) is 1. The minimum Gasteiger partial charge on any atom is -0.478 e. The Labute approximate surface area is 131 Å². The van der Waals surface area contributed by atoms with Crippen molar-refractivity contribution in [2.24, 2.45) is 5.92 Å². The first-order valence-corrected chi connectivity index (χ1v) is 7.47. The molecule has 0 spiro atoms. The summed E-state index contributed by atoms with van der Waals surface area (Å²) in [5.74, 6) is -1.49. The fourth-order valence-corrected chi connectivity index (χ4v) is 2.69. The topological polar surface area (TPSA) is 87.7 Å². The molecule has 1 amide bonds. The van der Waals surface area contributed by atoms with E-state index in [1.807, 2.05) is 6.92 Å². The lowest BCUT2D eigenvalue weighted by Crippen LogP contribution is -2.41. The molecule has 7 heteroatoms. The Morgan fingerprint density at radius 1 is 1.43 bits per heavy atom. The van der Waals surface area contributed by atoms with E-state index in [1.165, 1.54) is 6.07 Å². The summed E-state index contributed by atoms with van der Waals surface area (Å²) in [6.45, 7) is 3.61. The Balaban J connectivity index is 2.09. The van der Waals surface area contributed by atoms with E-state index >= 15 is 0 Å². The highest BCUT2D eigenvalue weighted by Crippen LogP contribution is 2.22. The number of halogens is 1. The van der Waals surface area contributed by atoms with Crippen molar-refractivity contribution >= 4 is 33.5 Å². The second kappa shape index (κ2) is 7.02. The van der Waals surface area contributed by atoms with Crippen LogP contribution in [0, 0.1) is 5.92 Å². The van der Waals surface area contributed by atoms with E-state index in [0.717, 1.165) is 6.54 Å². The number of hydrogen-bond donors (Lipinski definition) is 3. The zero-order valence-corrected chi connectivity index (χ0v) is 13.1. The molecule has 1 aromatic carbocycles. The summed E-state index contributed by atoms with van der Waals surface area (Å²) in [5.41, 5.74) is 0.571. The van der Waals surface area contributed by atoms with Crippen molar-refractivity contribution in [2.45, 2.75) is 13.0 Å². The van der Waals surface area contributed by atoms with Gasteiger partial charge in [0, 0.05) is 16.2 Å². The van der Waals surface area contributed by atoms with Gasteiger partial charge in [-0.25, -0.2) is 4.79 Å². The van der Waals surface area contributed by atoms with Gasteiger partial charge in [-0.3, -0.25) is 4.79 Å². The van der Waals surface area contributed by atoms with E-state index in [4.69, 9.17) is 9.84 Å². The second-order valence-electron chi connectivity index (χ2n) is 4.80. The van der Waals surface area contributed by atoms with Crippen molar-refractivity contribution in [3.8, 4) is 0 Å². The van der Waals surface area contributed by atoms with E-state index in [-0.39, 0.29) is 23.4 Å². The van der Waals surface area contributed by atoms with E-state index in [0.29, 0.717) is 23.4 Å². The number of benzene rings is 1. The molecule has 1 saturated heterocycles. The Bertz CT molecular complexity index is 550. The van der Waals surface area contributed by atoms with E-state index in [1.54, 1.807) is 12.1 Å². The molecular weight excluding hydrogens is 340 g/mol. The van der Waals surface area contributed by atoms with Crippen molar-refractivity contribution in [2.75, 3.05) is 25.1 Å². The van der Waals surface area contributed by atoms with Gasteiger partial charge >= 0.3 is 5.97 Å². The van der Waals surface area contributed by atoms with E-state index < -0.39 is 5.97 Å². The number of amides is 1. The average Bonchev–Trinajstić information content (AvgIpc) is 2.89. The molecule has 3 N–H and O–H groups in total. The lowest BCUT2D eigenvalue weighted by atomic mass is 10.0. The van der Waals surface area contributed by atoms with Crippen LogP contribution in [-0.4, -0.2) is 42.8 Å². The number of carboxylic acid groups (broad SMARTS) is 1. The first-order valence-electron chi connectivity index (χ1n) is 6.67. The Morgan fingerprint density at radius 3 is 2.86 bits per heavy atom. The molecule has 0 bridgehead atoms. The van der Waals surface area contributed by atoms with Crippen LogP contribution in [0.4, 0.5) is 5.69 Å². The highest BCUT2D eigenvalue weighted by atomic mass is 79.9. The van der Waals surface area contributed by atoms with Crippen LogP contribution >= 0.6 is 15.9 Å². The first-order chi connectivity index (χ1) is 10.0. The monoisotopic (exact) mass is 356 g/mol. The number of anilines is 1. The lowest BCUT2D eigenvalue weighted by molar-refractivity contribution is -0.120.